The highest BCUT2D eigenvalue weighted by Crippen LogP contribution is 2.35. The molecule has 1 aromatic heterocycles. The van der Waals surface area contributed by atoms with Crippen molar-refractivity contribution in [1.29, 1.82) is 0 Å². The fourth-order valence-corrected chi connectivity index (χ4v) is 3.02. The van der Waals surface area contributed by atoms with Crippen LogP contribution in [0.5, 0.6) is 11.5 Å². The molecule has 3 aromatic rings. The predicted molar refractivity (Wildman–Crippen MR) is 97.2 cm³/mol. The highest BCUT2D eigenvalue weighted by molar-refractivity contribution is 6.31. The molecular formula is C18H17Cl2N3O2. The average Bonchev–Trinajstić information content (AvgIpc) is 3.09. The number of rotatable bonds is 6. The first-order valence-electron chi connectivity index (χ1n) is 7.78. The number of hydrogen-bond donors (Lipinski definition) is 1. The Morgan fingerprint density at radius 1 is 1.12 bits per heavy atom. The third-order valence-electron chi connectivity index (χ3n) is 3.97. The van der Waals surface area contributed by atoms with Gasteiger partial charge in [-0.15, -0.1) is 0 Å². The van der Waals surface area contributed by atoms with Gasteiger partial charge in [0.15, 0.2) is 0 Å². The van der Waals surface area contributed by atoms with Crippen LogP contribution >= 0.6 is 23.2 Å². The second-order valence-corrected chi connectivity index (χ2v) is 6.52. The van der Waals surface area contributed by atoms with Crippen molar-refractivity contribution >= 4 is 23.2 Å². The second-order valence-electron chi connectivity index (χ2n) is 5.68. The van der Waals surface area contributed by atoms with Crippen molar-refractivity contribution in [2.75, 3.05) is 0 Å². The molecule has 7 heteroatoms. The maximum absolute atomic E-state index is 11.0. The van der Waals surface area contributed by atoms with Gasteiger partial charge in [0.2, 0.25) is 0 Å². The van der Waals surface area contributed by atoms with Crippen molar-refractivity contribution in [3.63, 3.8) is 0 Å². The van der Waals surface area contributed by atoms with E-state index in [0.717, 1.165) is 0 Å². The van der Waals surface area contributed by atoms with E-state index < -0.39 is 5.60 Å². The van der Waals surface area contributed by atoms with E-state index in [9.17, 15) is 5.11 Å². The number of hydrogen-bond acceptors (Lipinski definition) is 4. The average molecular weight is 378 g/mol. The third kappa shape index (κ3) is 4.12. The van der Waals surface area contributed by atoms with Gasteiger partial charge >= 0.3 is 0 Å². The molecule has 1 N–H and O–H groups in total. The summed E-state index contributed by atoms with van der Waals surface area (Å²) >= 11 is 12.3. The van der Waals surface area contributed by atoms with Crippen molar-refractivity contribution in [3.05, 3.63) is 70.7 Å². The number of ether oxygens (including phenoxy) is 1. The largest absolute Gasteiger partial charge is 0.457 e. The fraction of sp³-hybridized carbons (Fsp3) is 0.222. The molecule has 1 atom stereocenters. The summed E-state index contributed by atoms with van der Waals surface area (Å²) < 4.78 is 7.35. The zero-order valence-electron chi connectivity index (χ0n) is 13.6. The van der Waals surface area contributed by atoms with E-state index >= 15 is 0 Å². The molecule has 5 nitrogen and oxygen atoms in total. The van der Waals surface area contributed by atoms with E-state index in [4.69, 9.17) is 27.9 Å². The third-order valence-corrected chi connectivity index (χ3v) is 4.53. The molecule has 0 saturated heterocycles. The van der Waals surface area contributed by atoms with E-state index in [1.165, 1.54) is 6.33 Å². The van der Waals surface area contributed by atoms with Crippen LogP contribution in [0.3, 0.4) is 0 Å². The Balaban J connectivity index is 1.83. The summed E-state index contributed by atoms with van der Waals surface area (Å²) in [5, 5.41) is 16.1. The molecule has 2 aromatic carbocycles. The highest BCUT2D eigenvalue weighted by Gasteiger charge is 2.30. The van der Waals surface area contributed by atoms with Crippen LogP contribution < -0.4 is 4.74 Å². The number of nitrogens with zero attached hydrogens (tertiary/aromatic N) is 3. The minimum Gasteiger partial charge on any atom is -0.457 e. The first-order valence-corrected chi connectivity index (χ1v) is 8.54. The highest BCUT2D eigenvalue weighted by atomic mass is 35.5. The summed E-state index contributed by atoms with van der Waals surface area (Å²) in [6, 6.07) is 12.3. The Hall–Kier alpha value is -2.08. The molecule has 1 heterocycles. The van der Waals surface area contributed by atoms with Crippen LogP contribution in [0.4, 0.5) is 0 Å². The molecule has 0 spiro atoms. The van der Waals surface area contributed by atoms with Gasteiger partial charge in [0.25, 0.3) is 0 Å². The lowest BCUT2D eigenvalue weighted by atomic mass is 9.91. The van der Waals surface area contributed by atoms with Crippen molar-refractivity contribution in [3.8, 4) is 11.5 Å². The maximum atomic E-state index is 11.0. The van der Waals surface area contributed by atoms with Crippen molar-refractivity contribution in [1.82, 2.24) is 14.8 Å². The van der Waals surface area contributed by atoms with E-state index in [-0.39, 0.29) is 6.54 Å². The standard InChI is InChI=1S/C18H17Cl2N3O2/c1-2-18(24,10-23-12-21-11-22-23)16-8-7-15(9-17(16)20)25-14-5-3-13(19)4-6-14/h3-9,11-12,24H,2,10H2,1H3/t18-/m1/s1. The lowest BCUT2D eigenvalue weighted by molar-refractivity contribution is 0.0110. The van der Waals surface area contributed by atoms with Gasteiger partial charge < -0.3 is 9.84 Å². The van der Waals surface area contributed by atoms with Gasteiger partial charge in [-0.2, -0.15) is 5.10 Å². The van der Waals surface area contributed by atoms with Crippen LogP contribution in [0, 0.1) is 0 Å². The number of benzene rings is 2. The first-order chi connectivity index (χ1) is 12.0. The van der Waals surface area contributed by atoms with Crippen molar-refractivity contribution in [2.45, 2.75) is 25.5 Å². The lowest BCUT2D eigenvalue weighted by Gasteiger charge is -2.28. The molecule has 0 unspecified atom stereocenters. The van der Waals surface area contributed by atoms with Crippen LogP contribution in [0.2, 0.25) is 10.0 Å². The predicted octanol–water partition coefficient (Wildman–Crippen LogP) is 4.68. The summed E-state index contributed by atoms with van der Waals surface area (Å²) in [5.74, 6) is 1.23. The molecule has 0 fully saturated rings. The Bertz CT molecular complexity index is 838. The van der Waals surface area contributed by atoms with Gasteiger partial charge in [-0.05, 0) is 42.8 Å². The van der Waals surface area contributed by atoms with E-state index in [0.29, 0.717) is 33.5 Å². The van der Waals surface area contributed by atoms with Crippen molar-refractivity contribution in [2.24, 2.45) is 0 Å². The summed E-state index contributed by atoms with van der Waals surface area (Å²) in [6.07, 6.45) is 3.47. The Morgan fingerprint density at radius 2 is 1.84 bits per heavy atom. The van der Waals surface area contributed by atoms with Gasteiger partial charge in [0.05, 0.1) is 11.6 Å². The van der Waals surface area contributed by atoms with E-state index in [2.05, 4.69) is 10.1 Å². The van der Waals surface area contributed by atoms with E-state index in [1.54, 1.807) is 53.5 Å². The molecule has 0 aliphatic heterocycles. The van der Waals surface area contributed by atoms with Crippen molar-refractivity contribution < 1.29 is 9.84 Å². The number of aromatic nitrogens is 3. The zero-order valence-corrected chi connectivity index (χ0v) is 15.1. The summed E-state index contributed by atoms with van der Waals surface area (Å²) in [5.41, 5.74) is -0.528. The fourth-order valence-electron chi connectivity index (χ4n) is 2.55. The van der Waals surface area contributed by atoms with Gasteiger partial charge in [-0.25, -0.2) is 9.67 Å². The molecule has 0 aliphatic carbocycles. The summed E-state index contributed by atoms with van der Waals surface area (Å²) in [7, 11) is 0. The van der Waals surface area contributed by atoms with Gasteiger partial charge in [0.1, 0.15) is 29.8 Å². The molecule has 0 amide bonds. The smallest absolute Gasteiger partial charge is 0.137 e. The quantitative estimate of drug-likeness (QED) is 0.677. The van der Waals surface area contributed by atoms with Gasteiger partial charge in [0, 0.05) is 10.6 Å². The number of aliphatic hydroxyl groups is 1. The minimum absolute atomic E-state index is 0.264. The van der Waals surface area contributed by atoms with Gasteiger partial charge in [-0.1, -0.05) is 36.2 Å². The van der Waals surface area contributed by atoms with Crippen LogP contribution in [0.25, 0.3) is 0 Å². The molecule has 0 bridgehead atoms. The van der Waals surface area contributed by atoms with Crippen LogP contribution in [0.15, 0.2) is 55.1 Å². The molecule has 3 rings (SSSR count). The van der Waals surface area contributed by atoms with Gasteiger partial charge in [-0.3, -0.25) is 0 Å². The Morgan fingerprint density at radius 3 is 2.44 bits per heavy atom. The van der Waals surface area contributed by atoms with Crippen LogP contribution in [-0.4, -0.2) is 19.9 Å². The zero-order chi connectivity index (χ0) is 17.9. The monoisotopic (exact) mass is 377 g/mol. The second kappa shape index (κ2) is 7.44. The van der Waals surface area contributed by atoms with Crippen LogP contribution in [0.1, 0.15) is 18.9 Å². The molecule has 0 saturated carbocycles. The Labute approximate surface area is 155 Å². The van der Waals surface area contributed by atoms with Crippen LogP contribution in [-0.2, 0) is 12.1 Å². The van der Waals surface area contributed by atoms with E-state index in [1.807, 2.05) is 6.92 Å². The summed E-state index contributed by atoms with van der Waals surface area (Å²) in [6.45, 7) is 2.16. The minimum atomic E-state index is -1.15. The number of halogens is 2. The molecule has 0 aliphatic rings. The molecular weight excluding hydrogens is 361 g/mol. The molecule has 130 valence electrons. The normalized spacial score (nSPS) is 13.4. The maximum Gasteiger partial charge on any atom is 0.137 e. The summed E-state index contributed by atoms with van der Waals surface area (Å²) in [4.78, 5) is 3.90. The Kier molecular flexibility index (Phi) is 5.27. The SMILES string of the molecule is CC[C@@](O)(Cn1cncn1)c1ccc(Oc2ccc(Cl)cc2)cc1Cl. The first kappa shape index (κ1) is 17.7. The lowest BCUT2D eigenvalue weighted by Crippen LogP contribution is -2.31. The molecule has 0 radical (unpaired) electrons. The topological polar surface area (TPSA) is 60.2 Å². The molecule has 25 heavy (non-hydrogen) atoms.